The van der Waals surface area contributed by atoms with Crippen LogP contribution in [0, 0.1) is 11.3 Å². The van der Waals surface area contributed by atoms with E-state index < -0.39 is 0 Å². The first-order chi connectivity index (χ1) is 11.1. The molecule has 0 amide bonds. The number of rotatable bonds is 3. The van der Waals surface area contributed by atoms with Crippen LogP contribution in [-0.4, -0.2) is 30.7 Å². The topological polar surface area (TPSA) is 63.8 Å². The van der Waals surface area contributed by atoms with Crippen molar-refractivity contribution in [3.8, 4) is 11.3 Å². The molecule has 2 unspecified atom stereocenters. The van der Waals surface area contributed by atoms with Gasteiger partial charge in [0.05, 0.1) is 36.1 Å². The monoisotopic (exact) mass is 312 g/mol. The molecule has 4 rings (SSSR count). The van der Waals surface area contributed by atoms with E-state index in [4.69, 9.17) is 0 Å². The Balaban J connectivity index is 1.53. The van der Waals surface area contributed by atoms with Gasteiger partial charge in [-0.3, -0.25) is 0 Å². The fraction of sp³-hybridized carbons (Fsp3) is 0.611. The summed E-state index contributed by atoms with van der Waals surface area (Å²) in [6.45, 7) is 4.66. The lowest BCUT2D eigenvalue weighted by molar-refractivity contribution is 0.0447. The van der Waals surface area contributed by atoms with E-state index in [1.165, 1.54) is 12.8 Å². The van der Waals surface area contributed by atoms with E-state index in [1.807, 2.05) is 18.7 Å². The smallest absolute Gasteiger partial charge is 0.115 e. The molecule has 3 heterocycles. The van der Waals surface area contributed by atoms with Crippen molar-refractivity contribution in [3.63, 3.8) is 0 Å². The van der Waals surface area contributed by atoms with E-state index in [-0.39, 0.29) is 12.1 Å². The Morgan fingerprint density at radius 3 is 2.83 bits per heavy atom. The number of aromatic nitrogens is 4. The lowest BCUT2D eigenvalue weighted by Gasteiger charge is -2.37. The van der Waals surface area contributed by atoms with Gasteiger partial charge in [0.2, 0.25) is 0 Å². The summed E-state index contributed by atoms with van der Waals surface area (Å²) in [6, 6.07) is 0.0791. The molecular formula is C18H24N4O. The van der Waals surface area contributed by atoms with Crippen molar-refractivity contribution in [2.45, 2.75) is 58.1 Å². The Kier molecular flexibility index (Phi) is 3.48. The van der Waals surface area contributed by atoms with Crippen LogP contribution in [0.3, 0.4) is 0 Å². The number of hydrogen-bond donors (Lipinski definition) is 1. The predicted octanol–water partition coefficient (Wildman–Crippen LogP) is 3.21. The largest absolute Gasteiger partial charge is 0.393 e. The van der Waals surface area contributed by atoms with Crippen LogP contribution in [0.5, 0.6) is 0 Å². The summed E-state index contributed by atoms with van der Waals surface area (Å²) in [5.74, 6) is 0.404. The first kappa shape index (κ1) is 14.8. The molecule has 122 valence electrons. The van der Waals surface area contributed by atoms with Crippen LogP contribution in [0.4, 0.5) is 0 Å². The molecule has 2 aromatic heterocycles. The van der Waals surface area contributed by atoms with Crippen molar-refractivity contribution in [3.05, 3.63) is 30.7 Å². The normalized spacial score (nSPS) is 24.2. The number of hydrogen-bond acceptors (Lipinski definition) is 4. The van der Waals surface area contributed by atoms with Crippen LogP contribution in [0.2, 0.25) is 0 Å². The number of nitrogens with zero attached hydrogens (tertiary/aromatic N) is 4. The van der Waals surface area contributed by atoms with E-state index >= 15 is 0 Å². The van der Waals surface area contributed by atoms with E-state index in [9.17, 15) is 5.11 Å². The van der Waals surface area contributed by atoms with Crippen molar-refractivity contribution < 1.29 is 5.11 Å². The zero-order valence-corrected chi connectivity index (χ0v) is 13.8. The molecule has 0 saturated heterocycles. The Hall–Kier alpha value is -1.75. The zero-order valence-electron chi connectivity index (χ0n) is 13.8. The summed E-state index contributed by atoms with van der Waals surface area (Å²) < 4.78 is 2.13. The number of fused-ring (bicyclic) bond motifs is 3. The Bertz CT molecular complexity index is 699. The maximum atomic E-state index is 10.8. The van der Waals surface area contributed by atoms with Gasteiger partial charge in [0.25, 0.3) is 0 Å². The van der Waals surface area contributed by atoms with Gasteiger partial charge in [0, 0.05) is 18.2 Å². The molecule has 1 N–H and O–H groups in total. The summed E-state index contributed by atoms with van der Waals surface area (Å²) >= 11 is 0. The SMILES string of the molecule is CC1(C)CCC(C(O)CC2c3ncncc3-c3cncn32)CC1. The molecule has 1 aliphatic heterocycles. The minimum Gasteiger partial charge on any atom is -0.393 e. The van der Waals surface area contributed by atoms with Gasteiger partial charge in [-0.15, -0.1) is 0 Å². The minimum absolute atomic E-state index is 0.0791. The lowest BCUT2D eigenvalue weighted by Crippen LogP contribution is -2.30. The number of aliphatic hydroxyl groups is 1. The molecule has 5 heteroatoms. The van der Waals surface area contributed by atoms with Gasteiger partial charge < -0.3 is 9.67 Å². The van der Waals surface area contributed by atoms with Crippen molar-refractivity contribution in [1.82, 2.24) is 19.5 Å². The molecule has 2 atom stereocenters. The second kappa shape index (κ2) is 5.41. The van der Waals surface area contributed by atoms with Gasteiger partial charge in [0.1, 0.15) is 6.33 Å². The first-order valence-corrected chi connectivity index (χ1v) is 8.55. The molecule has 1 aliphatic carbocycles. The minimum atomic E-state index is -0.285. The fourth-order valence-corrected chi connectivity index (χ4v) is 4.15. The van der Waals surface area contributed by atoms with Gasteiger partial charge in [-0.25, -0.2) is 15.0 Å². The van der Waals surface area contributed by atoms with Crippen molar-refractivity contribution in [2.75, 3.05) is 0 Å². The van der Waals surface area contributed by atoms with Crippen LogP contribution in [0.25, 0.3) is 11.3 Å². The van der Waals surface area contributed by atoms with E-state index in [0.29, 0.717) is 17.8 Å². The first-order valence-electron chi connectivity index (χ1n) is 8.55. The molecule has 0 radical (unpaired) electrons. The van der Waals surface area contributed by atoms with Gasteiger partial charge in [-0.1, -0.05) is 13.8 Å². The molecule has 1 fully saturated rings. The van der Waals surface area contributed by atoms with Gasteiger partial charge in [-0.2, -0.15) is 0 Å². The summed E-state index contributed by atoms with van der Waals surface area (Å²) in [6.07, 6.45) is 12.2. The third-order valence-electron chi connectivity index (χ3n) is 5.73. The number of imidazole rings is 1. The highest BCUT2D eigenvalue weighted by Crippen LogP contribution is 2.43. The maximum absolute atomic E-state index is 10.8. The average molecular weight is 312 g/mol. The van der Waals surface area contributed by atoms with Crippen LogP contribution in [-0.2, 0) is 0 Å². The van der Waals surface area contributed by atoms with Gasteiger partial charge in [-0.05, 0) is 37.0 Å². The lowest BCUT2D eigenvalue weighted by atomic mass is 9.71. The average Bonchev–Trinajstić information content (AvgIpc) is 3.10. The molecule has 0 bridgehead atoms. The number of aliphatic hydroxyl groups excluding tert-OH is 1. The van der Waals surface area contributed by atoms with Crippen molar-refractivity contribution in [2.24, 2.45) is 11.3 Å². The van der Waals surface area contributed by atoms with Crippen molar-refractivity contribution >= 4 is 0 Å². The highest BCUT2D eigenvalue weighted by atomic mass is 16.3. The Morgan fingerprint density at radius 2 is 2.04 bits per heavy atom. The Labute approximate surface area is 136 Å². The van der Waals surface area contributed by atoms with Crippen LogP contribution < -0.4 is 0 Å². The third-order valence-corrected chi connectivity index (χ3v) is 5.73. The summed E-state index contributed by atoms with van der Waals surface area (Å²) in [5.41, 5.74) is 3.56. The second-order valence-corrected chi connectivity index (χ2v) is 7.83. The van der Waals surface area contributed by atoms with Gasteiger partial charge in [0.15, 0.2) is 0 Å². The van der Waals surface area contributed by atoms with E-state index in [0.717, 1.165) is 29.8 Å². The molecule has 23 heavy (non-hydrogen) atoms. The maximum Gasteiger partial charge on any atom is 0.115 e. The molecule has 0 aromatic carbocycles. The molecule has 1 saturated carbocycles. The quantitative estimate of drug-likeness (QED) is 0.945. The molecular weight excluding hydrogens is 288 g/mol. The third kappa shape index (κ3) is 2.57. The van der Waals surface area contributed by atoms with Gasteiger partial charge >= 0.3 is 0 Å². The van der Waals surface area contributed by atoms with Crippen LogP contribution in [0.1, 0.15) is 57.7 Å². The summed E-state index contributed by atoms with van der Waals surface area (Å²) in [5, 5.41) is 10.8. The molecule has 2 aliphatic rings. The van der Waals surface area contributed by atoms with Crippen LogP contribution in [0.15, 0.2) is 25.0 Å². The van der Waals surface area contributed by atoms with Crippen molar-refractivity contribution in [1.29, 1.82) is 0 Å². The standard InChI is InChI=1S/C18H24N4O/c1-18(2)5-3-12(4-6-18)16(23)7-14-17-13(8-19-10-21-17)15-9-20-11-22(14)15/h8-12,14,16,23H,3-7H2,1-2H3. The zero-order chi connectivity index (χ0) is 16.0. The fourth-order valence-electron chi connectivity index (χ4n) is 4.15. The second-order valence-electron chi connectivity index (χ2n) is 7.83. The summed E-state index contributed by atoms with van der Waals surface area (Å²) in [4.78, 5) is 12.9. The highest BCUT2D eigenvalue weighted by molar-refractivity contribution is 5.65. The predicted molar refractivity (Wildman–Crippen MR) is 87.8 cm³/mol. The molecule has 5 nitrogen and oxygen atoms in total. The summed E-state index contributed by atoms with van der Waals surface area (Å²) in [7, 11) is 0. The Morgan fingerprint density at radius 1 is 1.26 bits per heavy atom. The highest BCUT2D eigenvalue weighted by Gasteiger charge is 2.36. The molecule has 0 spiro atoms. The van der Waals surface area contributed by atoms with E-state index in [1.54, 1.807) is 6.33 Å². The molecule has 2 aromatic rings. The van der Waals surface area contributed by atoms with Crippen LogP contribution >= 0.6 is 0 Å². The van der Waals surface area contributed by atoms with E-state index in [2.05, 4.69) is 33.4 Å².